The number of rotatable bonds is 4. The number of methoxy groups -OCH3 is 1. The van der Waals surface area contributed by atoms with Crippen LogP contribution >= 0.6 is 0 Å². The maximum Gasteiger partial charge on any atom is 0.119 e. The third-order valence-electron chi connectivity index (χ3n) is 2.76. The lowest BCUT2D eigenvalue weighted by molar-refractivity contribution is 0.299. The summed E-state index contributed by atoms with van der Waals surface area (Å²) in [4.78, 5) is 4.48. The van der Waals surface area contributed by atoms with Gasteiger partial charge in [0.15, 0.2) is 0 Å². The third-order valence-corrected chi connectivity index (χ3v) is 2.76. The zero-order valence-electron chi connectivity index (χ0n) is 9.89. The van der Waals surface area contributed by atoms with Crippen molar-refractivity contribution in [2.24, 2.45) is 0 Å². The number of nitrogens with zero attached hydrogens (tertiary/aromatic N) is 2. The fourth-order valence-corrected chi connectivity index (χ4v) is 1.83. The molecule has 16 heavy (non-hydrogen) atoms. The van der Waals surface area contributed by atoms with E-state index in [-0.39, 0.29) is 0 Å². The molecule has 0 bridgehead atoms. The molecule has 3 nitrogen and oxygen atoms in total. The molecule has 0 spiro atoms. The molecule has 3 heteroatoms. The summed E-state index contributed by atoms with van der Waals surface area (Å²) in [5.74, 6) is 0.937. The zero-order valence-corrected chi connectivity index (χ0v) is 9.89. The lowest BCUT2D eigenvalue weighted by Gasteiger charge is -2.18. The van der Waals surface area contributed by atoms with Gasteiger partial charge in [0.25, 0.3) is 0 Å². The van der Waals surface area contributed by atoms with Crippen LogP contribution in [-0.4, -0.2) is 37.2 Å². The second-order valence-corrected chi connectivity index (χ2v) is 4.11. The summed E-state index contributed by atoms with van der Waals surface area (Å²) in [5, 5.41) is 0. The number of ether oxygens (including phenoxy) is 1. The van der Waals surface area contributed by atoms with Gasteiger partial charge in [-0.15, -0.1) is 0 Å². The van der Waals surface area contributed by atoms with Gasteiger partial charge in [-0.3, -0.25) is 0 Å². The highest BCUT2D eigenvalue weighted by Crippen LogP contribution is 2.14. The fourth-order valence-electron chi connectivity index (χ4n) is 1.83. The highest BCUT2D eigenvalue weighted by atomic mass is 16.5. The minimum Gasteiger partial charge on any atom is -0.497 e. The van der Waals surface area contributed by atoms with Crippen LogP contribution in [0.4, 0.5) is 0 Å². The molecule has 1 aromatic carbocycles. The van der Waals surface area contributed by atoms with Crippen molar-refractivity contribution in [3.05, 3.63) is 42.2 Å². The Labute approximate surface area is 96.9 Å². The van der Waals surface area contributed by atoms with Gasteiger partial charge in [0.05, 0.1) is 13.8 Å². The van der Waals surface area contributed by atoms with E-state index in [1.54, 1.807) is 7.11 Å². The highest BCUT2D eigenvalue weighted by Gasteiger charge is 2.07. The van der Waals surface area contributed by atoms with Crippen molar-refractivity contribution in [1.82, 2.24) is 9.80 Å². The first-order chi connectivity index (χ1) is 7.78. The number of hydrogen-bond donors (Lipinski definition) is 0. The molecule has 0 aliphatic carbocycles. The molecule has 1 heterocycles. The molecule has 0 radical (unpaired) electrons. The summed E-state index contributed by atoms with van der Waals surface area (Å²) >= 11 is 0. The Morgan fingerprint density at radius 1 is 1.31 bits per heavy atom. The fraction of sp³-hybridized carbons (Fsp3) is 0.385. The molecule has 0 atom stereocenters. The number of hydrogen-bond acceptors (Lipinski definition) is 3. The van der Waals surface area contributed by atoms with Crippen molar-refractivity contribution >= 4 is 0 Å². The first-order valence-electron chi connectivity index (χ1n) is 5.53. The molecule has 0 fully saturated rings. The van der Waals surface area contributed by atoms with Crippen molar-refractivity contribution in [2.75, 3.05) is 27.4 Å². The van der Waals surface area contributed by atoms with E-state index in [4.69, 9.17) is 4.74 Å². The molecule has 0 aromatic heterocycles. The highest BCUT2D eigenvalue weighted by molar-refractivity contribution is 5.28. The molecule has 1 aliphatic heterocycles. The van der Waals surface area contributed by atoms with Gasteiger partial charge in [0, 0.05) is 26.0 Å². The van der Waals surface area contributed by atoms with Crippen LogP contribution in [0.3, 0.4) is 0 Å². The Bertz CT molecular complexity index is 376. The molecular formula is C13H18N2O. The minimum atomic E-state index is 0.937. The van der Waals surface area contributed by atoms with Crippen LogP contribution in [0.2, 0.25) is 0 Å². The van der Waals surface area contributed by atoms with Gasteiger partial charge in [-0.25, -0.2) is 0 Å². The smallest absolute Gasteiger partial charge is 0.119 e. The zero-order chi connectivity index (χ0) is 11.4. The van der Waals surface area contributed by atoms with Crippen molar-refractivity contribution in [2.45, 2.75) is 6.42 Å². The Balaban J connectivity index is 1.87. The average Bonchev–Trinajstić information content (AvgIpc) is 2.73. The van der Waals surface area contributed by atoms with E-state index in [0.29, 0.717) is 0 Å². The van der Waals surface area contributed by atoms with Crippen LogP contribution < -0.4 is 4.74 Å². The summed E-state index contributed by atoms with van der Waals surface area (Å²) in [5.41, 5.74) is 1.32. The Morgan fingerprint density at radius 2 is 2.19 bits per heavy atom. The minimum absolute atomic E-state index is 0.937. The first-order valence-corrected chi connectivity index (χ1v) is 5.53. The molecule has 0 saturated carbocycles. The van der Waals surface area contributed by atoms with E-state index in [1.165, 1.54) is 5.56 Å². The monoisotopic (exact) mass is 218 g/mol. The summed E-state index contributed by atoms with van der Waals surface area (Å²) in [6.07, 6.45) is 5.29. The molecule has 0 unspecified atom stereocenters. The van der Waals surface area contributed by atoms with Gasteiger partial charge in [0.2, 0.25) is 0 Å². The first kappa shape index (κ1) is 10.9. The van der Waals surface area contributed by atoms with Gasteiger partial charge in [-0.2, -0.15) is 0 Å². The number of benzene rings is 1. The SMILES string of the molecule is COc1cccc(CCN2C=CN(C)C2)c1. The summed E-state index contributed by atoms with van der Waals surface area (Å²) in [6, 6.07) is 8.27. The molecule has 2 rings (SSSR count). The second-order valence-electron chi connectivity index (χ2n) is 4.11. The Hall–Kier alpha value is -1.64. The summed E-state index contributed by atoms with van der Waals surface area (Å²) in [6.45, 7) is 2.04. The Morgan fingerprint density at radius 3 is 2.88 bits per heavy atom. The van der Waals surface area contributed by atoms with Crippen molar-refractivity contribution in [3.8, 4) is 5.75 Å². The second kappa shape index (κ2) is 4.92. The van der Waals surface area contributed by atoms with E-state index in [9.17, 15) is 0 Å². The van der Waals surface area contributed by atoms with E-state index in [1.807, 2.05) is 12.1 Å². The Kier molecular flexibility index (Phi) is 3.34. The predicted octanol–water partition coefficient (Wildman–Crippen LogP) is 1.91. The largest absolute Gasteiger partial charge is 0.497 e. The van der Waals surface area contributed by atoms with Crippen LogP contribution in [-0.2, 0) is 6.42 Å². The van der Waals surface area contributed by atoms with E-state index < -0.39 is 0 Å². The maximum atomic E-state index is 5.21. The normalized spacial score (nSPS) is 14.6. The van der Waals surface area contributed by atoms with Gasteiger partial charge >= 0.3 is 0 Å². The lowest BCUT2D eigenvalue weighted by atomic mass is 10.1. The van der Waals surface area contributed by atoms with E-state index in [0.717, 1.165) is 25.4 Å². The third kappa shape index (κ3) is 2.69. The van der Waals surface area contributed by atoms with Crippen LogP contribution in [0, 0.1) is 0 Å². The van der Waals surface area contributed by atoms with E-state index >= 15 is 0 Å². The molecule has 0 saturated heterocycles. The van der Waals surface area contributed by atoms with Crippen LogP contribution in [0.5, 0.6) is 5.75 Å². The van der Waals surface area contributed by atoms with Crippen LogP contribution in [0.15, 0.2) is 36.7 Å². The lowest BCUT2D eigenvalue weighted by Crippen LogP contribution is -2.24. The quantitative estimate of drug-likeness (QED) is 0.768. The van der Waals surface area contributed by atoms with Crippen molar-refractivity contribution in [1.29, 1.82) is 0 Å². The van der Waals surface area contributed by atoms with Gasteiger partial charge in [-0.05, 0) is 24.1 Å². The van der Waals surface area contributed by atoms with Crippen LogP contribution in [0.1, 0.15) is 5.56 Å². The summed E-state index contributed by atoms with van der Waals surface area (Å²) in [7, 11) is 3.79. The molecule has 0 N–H and O–H groups in total. The van der Waals surface area contributed by atoms with E-state index in [2.05, 4.69) is 41.4 Å². The standard InChI is InChI=1S/C13H18N2O/c1-14-8-9-15(11-14)7-6-12-4-3-5-13(10-12)16-2/h3-5,8-10H,6-7,11H2,1-2H3. The molecule has 86 valence electrons. The molecule has 0 amide bonds. The molecule has 1 aliphatic rings. The van der Waals surface area contributed by atoms with Gasteiger partial charge < -0.3 is 14.5 Å². The topological polar surface area (TPSA) is 15.7 Å². The molecule has 1 aromatic rings. The average molecular weight is 218 g/mol. The maximum absolute atomic E-state index is 5.21. The molecular weight excluding hydrogens is 200 g/mol. The predicted molar refractivity (Wildman–Crippen MR) is 65.2 cm³/mol. The van der Waals surface area contributed by atoms with Gasteiger partial charge in [-0.1, -0.05) is 12.1 Å². The van der Waals surface area contributed by atoms with Crippen LogP contribution in [0.25, 0.3) is 0 Å². The van der Waals surface area contributed by atoms with Crippen molar-refractivity contribution < 1.29 is 4.74 Å². The summed E-state index contributed by atoms with van der Waals surface area (Å²) < 4.78 is 5.21. The van der Waals surface area contributed by atoms with Crippen molar-refractivity contribution in [3.63, 3.8) is 0 Å². The van der Waals surface area contributed by atoms with Gasteiger partial charge in [0.1, 0.15) is 5.75 Å².